The lowest BCUT2D eigenvalue weighted by atomic mass is 10.2. The highest BCUT2D eigenvalue weighted by Gasteiger charge is 2.07. The molecule has 0 radical (unpaired) electrons. The van der Waals surface area contributed by atoms with Gasteiger partial charge in [-0.25, -0.2) is 0 Å². The Bertz CT molecular complexity index is 185. The second kappa shape index (κ2) is 5.62. The van der Waals surface area contributed by atoms with Crippen molar-refractivity contribution < 1.29 is 9.53 Å². The number of hydrogen-bond donors (Lipinski definition) is 0. The van der Waals surface area contributed by atoms with Crippen molar-refractivity contribution in [2.75, 3.05) is 7.05 Å². The van der Waals surface area contributed by atoms with Crippen LogP contribution in [-0.2, 0) is 9.53 Å². The molecule has 13 heavy (non-hydrogen) atoms. The van der Waals surface area contributed by atoms with Gasteiger partial charge in [-0.05, 0) is 13.8 Å². The number of allylic oxidation sites excluding steroid dienone is 1. The van der Waals surface area contributed by atoms with E-state index in [9.17, 15) is 4.79 Å². The summed E-state index contributed by atoms with van der Waals surface area (Å²) in [6.07, 6.45) is 1.86. The maximum atomic E-state index is 10.2. The van der Waals surface area contributed by atoms with Gasteiger partial charge in [0.15, 0.2) is 0 Å². The Morgan fingerprint density at radius 1 is 1.31 bits per heavy atom. The van der Waals surface area contributed by atoms with Gasteiger partial charge in [0, 0.05) is 25.2 Å². The Labute approximate surface area is 80.4 Å². The first-order valence-electron chi connectivity index (χ1n) is 4.53. The zero-order valence-corrected chi connectivity index (χ0v) is 9.07. The molecular weight excluding hydrogens is 166 g/mol. The van der Waals surface area contributed by atoms with E-state index in [4.69, 9.17) is 4.74 Å². The molecule has 0 fully saturated rings. The van der Waals surface area contributed by atoms with Crippen molar-refractivity contribution in [3.05, 3.63) is 12.0 Å². The Morgan fingerprint density at radius 3 is 2.15 bits per heavy atom. The Balaban J connectivity index is 4.42. The maximum Gasteiger partial charge on any atom is 0.298 e. The summed E-state index contributed by atoms with van der Waals surface area (Å²) < 4.78 is 4.86. The lowest BCUT2D eigenvalue weighted by molar-refractivity contribution is -0.125. The van der Waals surface area contributed by atoms with E-state index in [0.29, 0.717) is 18.3 Å². The normalized spacial score (nSPS) is 12.1. The molecule has 0 aliphatic rings. The van der Waals surface area contributed by atoms with Gasteiger partial charge in [0.2, 0.25) is 0 Å². The third kappa shape index (κ3) is 4.55. The summed E-state index contributed by atoms with van der Waals surface area (Å²) in [4.78, 5) is 12.2. The second-order valence-electron chi connectivity index (χ2n) is 3.66. The second-order valence-corrected chi connectivity index (χ2v) is 3.66. The van der Waals surface area contributed by atoms with Gasteiger partial charge >= 0.3 is 0 Å². The van der Waals surface area contributed by atoms with Gasteiger partial charge in [-0.3, -0.25) is 4.79 Å². The molecule has 3 nitrogen and oxygen atoms in total. The predicted octanol–water partition coefficient (Wildman–Crippen LogP) is 2.00. The predicted molar refractivity (Wildman–Crippen MR) is 53.0 cm³/mol. The molecule has 0 aromatic rings. The smallest absolute Gasteiger partial charge is 0.298 e. The van der Waals surface area contributed by atoms with Crippen LogP contribution in [0.15, 0.2) is 12.0 Å². The SMILES string of the molecule is CC(C)/C(=C/N(C)C(C)C)OC=O. The molecule has 0 aliphatic carbocycles. The standard InChI is InChI=1S/C10H19NO2/c1-8(2)10(13-7-12)6-11(5)9(3)4/h6-9H,1-5H3/b10-6-. The topological polar surface area (TPSA) is 29.5 Å². The molecule has 0 atom stereocenters. The first-order chi connectivity index (χ1) is 5.99. The Morgan fingerprint density at radius 2 is 1.85 bits per heavy atom. The van der Waals surface area contributed by atoms with Crippen LogP contribution >= 0.6 is 0 Å². The quantitative estimate of drug-likeness (QED) is 0.484. The first-order valence-corrected chi connectivity index (χ1v) is 4.53. The van der Waals surface area contributed by atoms with Gasteiger partial charge in [-0.1, -0.05) is 13.8 Å². The maximum absolute atomic E-state index is 10.2. The zero-order valence-electron chi connectivity index (χ0n) is 9.07. The number of ether oxygens (including phenoxy) is 1. The van der Waals surface area contributed by atoms with Crippen LogP contribution in [0.2, 0.25) is 0 Å². The first kappa shape index (κ1) is 12.0. The van der Waals surface area contributed by atoms with Crippen molar-refractivity contribution >= 4 is 6.47 Å². The molecule has 0 aromatic carbocycles. The van der Waals surface area contributed by atoms with E-state index in [-0.39, 0.29) is 5.92 Å². The van der Waals surface area contributed by atoms with Crippen LogP contribution in [0.3, 0.4) is 0 Å². The van der Waals surface area contributed by atoms with Crippen LogP contribution in [0, 0.1) is 5.92 Å². The van der Waals surface area contributed by atoms with Crippen molar-refractivity contribution in [3.8, 4) is 0 Å². The van der Waals surface area contributed by atoms with Crippen molar-refractivity contribution in [3.63, 3.8) is 0 Å². The summed E-state index contributed by atoms with van der Waals surface area (Å²) in [7, 11) is 1.96. The third-order valence-corrected chi connectivity index (χ3v) is 1.90. The minimum Gasteiger partial charge on any atom is -0.431 e. The van der Waals surface area contributed by atoms with Crippen LogP contribution in [0.5, 0.6) is 0 Å². The average molecular weight is 185 g/mol. The molecule has 0 heterocycles. The summed E-state index contributed by atoms with van der Waals surface area (Å²) in [5, 5.41) is 0. The molecule has 0 N–H and O–H groups in total. The molecule has 0 aromatic heterocycles. The fourth-order valence-corrected chi connectivity index (χ4v) is 0.721. The minimum absolute atomic E-state index is 0.228. The number of rotatable bonds is 5. The summed E-state index contributed by atoms with van der Waals surface area (Å²) in [6, 6.07) is 0.406. The zero-order chi connectivity index (χ0) is 10.4. The van der Waals surface area contributed by atoms with E-state index >= 15 is 0 Å². The number of hydrogen-bond acceptors (Lipinski definition) is 3. The highest BCUT2D eigenvalue weighted by Crippen LogP contribution is 2.11. The van der Waals surface area contributed by atoms with E-state index in [1.807, 2.05) is 32.0 Å². The Kier molecular flexibility index (Phi) is 5.19. The van der Waals surface area contributed by atoms with Crippen molar-refractivity contribution in [2.24, 2.45) is 5.92 Å². The van der Waals surface area contributed by atoms with E-state index in [1.54, 1.807) is 0 Å². The highest BCUT2D eigenvalue weighted by molar-refractivity contribution is 5.40. The van der Waals surface area contributed by atoms with Crippen LogP contribution < -0.4 is 0 Å². The number of nitrogens with zero attached hydrogens (tertiary/aromatic N) is 1. The molecule has 0 saturated carbocycles. The molecule has 0 rings (SSSR count). The van der Waals surface area contributed by atoms with Gasteiger partial charge < -0.3 is 9.64 Å². The third-order valence-electron chi connectivity index (χ3n) is 1.90. The van der Waals surface area contributed by atoms with Crippen LogP contribution in [0.4, 0.5) is 0 Å². The highest BCUT2D eigenvalue weighted by atomic mass is 16.5. The monoisotopic (exact) mass is 185 g/mol. The summed E-state index contributed by atoms with van der Waals surface area (Å²) in [5.74, 6) is 0.928. The molecule has 0 bridgehead atoms. The molecule has 3 heteroatoms. The molecular formula is C10H19NO2. The fraction of sp³-hybridized carbons (Fsp3) is 0.700. The minimum atomic E-state index is 0.228. The van der Waals surface area contributed by atoms with Gasteiger partial charge in [0.1, 0.15) is 5.76 Å². The van der Waals surface area contributed by atoms with Gasteiger partial charge in [0.05, 0.1) is 0 Å². The lowest BCUT2D eigenvalue weighted by Gasteiger charge is -2.21. The van der Waals surface area contributed by atoms with E-state index in [2.05, 4.69) is 13.8 Å². The summed E-state index contributed by atoms with van der Waals surface area (Å²) in [5.41, 5.74) is 0. The molecule has 0 saturated heterocycles. The molecule has 76 valence electrons. The number of carbonyl (C=O) groups excluding carboxylic acids is 1. The van der Waals surface area contributed by atoms with Crippen LogP contribution in [0.25, 0.3) is 0 Å². The summed E-state index contributed by atoms with van der Waals surface area (Å²) >= 11 is 0. The lowest BCUT2D eigenvalue weighted by Crippen LogP contribution is -2.21. The van der Waals surface area contributed by atoms with Gasteiger partial charge in [0.25, 0.3) is 6.47 Å². The van der Waals surface area contributed by atoms with Gasteiger partial charge in [-0.2, -0.15) is 0 Å². The molecule has 0 aliphatic heterocycles. The Hall–Kier alpha value is -0.990. The molecule has 0 amide bonds. The van der Waals surface area contributed by atoms with Crippen LogP contribution in [-0.4, -0.2) is 24.5 Å². The fourth-order valence-electron chi connectivity index (χ4n) is 0.721. The van der Waals surface area contributed by atoms with Crippen molar-refractivity contribution in [1.29, 1.82) is 0 Å². The van der Waals surface area contributed by atoms with E-state index in [0.717, 1.165) is 0 Å². The average Bonchev–Trinajstić information content (AvgIpc) is 2.03. The van der Waals surface area contributed by atoms with Crippen LogP contribution in [0.1, 0.15) is 27.7 Å². The summed E-state index contributed by atoms with van der Waals surface area (Å²) in [6.45, 7) is 8.61. The van der Waals surface area contributed by atoms with E-state index < -0.39 is 0 Å². The van der Waals surface area contributed by atoms with Crippen molar-refractivity contribution in [2.45, 2.75) is 33.7 Å². The van der Waals surface area contributed by atoms with Gasteiger partial charge in [-0.15, -0.1) is 0 Å². The molecule has 0 unspecified atom stereocenters. The van der Waals surface area contributed by atoms with Crippen molar-refractivity contribution in [1.82, 2.24) is 4.90 Å². The van der Waals surface area contributed by atoms with E-state index in [1.165, 1.54) is 0 Å². The largest absolute Gasteiger partial charge is 0.431 e. The number of carbonyl (C=O) groups is 1. The molecule has 0 spiro atoms.